The smallest absolute Gasteiger partial charge is 0.323 e. The molecule has 4 nitrogen and oxygen atoms in total. The Hall–Kier alpha value is -1.06. The van der Waals surface area contributed by atoms with E-state index in [9.17, 15) is 9.59 Å². The van der Waals surface area contributed by atoms with Crippen LogP contribution in [0.3, 0.4) is 0 Å². The lowest BCUT2D eigenvalue weighted by molar-refractivity contribution is -0.173. The van der Waals surface area contributed by atoms with Crippen LogP contribution in [0.1, 0.15) is 150 Å². The molecule has 0 bridgehead atoms. The molecule has 0 N–H and O–H groups in total. The van der Waals surface area contributed by atoms with Crippen molar-refractivity contribution >= 4 is 11.9 Å². The third-order valence-corrected chi connectivity index (χ3v) is 6.70. The fourth-order valence-corrected chi connectivity index (χ4v) is 4.17. The van der Waals surface area contributed by atoms with Gasteiger partial charge in [-0.1, -0.05) is 124 Å². The van der Waals surface area contributed by atoms with Crippen molar-refractivity contribution in [3.63, 3.8) is 0 Å². The van der Waals surface area contributed by atoms with E-state index in [4.69, 9.17) is 9.47 Å². The van der Waals surface area contributed by atoms with Crippen LogP contribution in [0.2, 0.25) is 0 Å². The minimum Gasteiger partial charge on any atom is -0.465 e. The van der Waals surface area contributed by atoms with E-state index in [1.165, 1.54) is 70.6 Å². The first-order chi connectivity index (χ1) is 15.6. The van der Waals surface area contributed by atoms with Crippen molar-refractivity contribution in [2.75, 3.05) is 13.2 Å². The summed E-state index contributed by atoms with van der Waals surface area (Å²) < 4.78 is 11.0. The number of hydrogen-bond donors (Lipinski definition) is 0. The lowest BCUT2D eigenvalue weighted by Crippen LogP contribution is -2.41. The average Bonchev–Trinajstić information content (AvgIpc) is 2.80. The van der Waals surface area contributed by atoms with E-state index in [0.29, 0.717) is 26.1 Å². The highest BCUT2D eigenvalue weighted by Gasteiger charge is 2.45. The number of carbonyl (C=O) groups is 2. The summed E-state index contributed by atoms with van der Waals surface area (Å²) in [7, 11) is 0. The van der Waals surface area contributed by atoms with Crippen molar-refractivity contribution in [3.8, 4) is 0 Å². The Balaban J connectivity index is 3.88. The topological polar surface area (TPSA) is 52.6 Å². The van der Waals surface area contributed by atoms with E-state index in [2.05, 4.69) is 13.8 Å². The molecule has 0 heterocycles. The van der Waals surface area contributed by atoms with Crippen molar-refractivity contribution in [3.05, 3.63) is 0 Å². The fourth-order valence-electron chi connectivity index (χ4n) is 4.17. The van der Waals surface area contributed by atoms with Gasteiger partial charge >= 0.3 is 11.9 Å². The molecule has 190 valence electrons. The minimum atomic E-state index is -1.14. The van der Waals surface area contributed by atoms with Crippen LogP contribution in [0, 0.1) is 5.41 Å². The highest BCUT2D eigenvalue weighted by Crippen LogP contribution is 2.30. The van der Waals surface area contributed by atoms with E-state index in [-0.39, 0.29) is 0 Å². The first kappa shape index (κ1) is 30.9. The maximum Gasteiger partial charge on any atom is 0.323 e. The summed E-state index contributed by atoms with van der Waals surface area (Å²) in [4.78, 5) is 25.3. The van der Waals surface area contributed by atoms with Crippen LogP contribution in [0.5, 0.6) is 0 Å². The fraction of sp³-hybridized carbons (Fsp3) is 0.929. The van der Waals surface area contributed by atoms with Crippen molar-refractivity contribution in [2.45, 2.75) is 150 Å². The molecule has 4 heteroatoms. The van der Waals surface area contributed by atoms with Crippen molar-refractivity contribution in [1.29, 1.82) is 0 Å². The van der Waals surface area contributed by atoms with Gasteiger partial charge in [-0.3, -0.25) is 9.59 Å². The number of unbranched alkanes of at least 4 members (excludes halogenated alkanes) is 15. The summed E-state index contributed by atoms with van der Waals surface area (Å²) in [5.41, 5.74) is -1.14. The quantitative estimate of drug-likeness (QED) is 0.0881. The minimum absolute atomic E-state index is 0.396. The molecule has 0 fully saturated rings. The van der Waals surface area contributed by atoms with Crippen LogP contribution < -0.4 is 0 Å². The Morgan fingerprint density at radius 1 is 0.469 bits per heavy atom. The van der Waals surface area contributed by atoms with Gasteiger partial charge in [-0.25, -0.2) is 0 Å². The van der Waals surface area contributed by atoms with E-state index >= 15 is 0 Å². The second-order valence-electron chi connectivity index (χ2n) is 9.36. The standard InChI is InChI=1S/C28H54O4/c1-5-9-11-13-14-15-16-17-18-19-20-21-23-25-32-27(30)28(7-3,8-4)26(29)31-24-22-12-10-6-2/h5-25H2,1-4H3. The zero-order valence-electron chi connectivity index (χ0n) is 22.0. The Bertz CT molecular complexity index is 443. The number of esters is 2. The van der Waals surface area contributed by atoms with Crippen molar-refractivity contribution in [1.82, 2.24) is 0 Å². The molecule has 0 aliphatic heterocycles. The van der Waals surface area contributed by atoms with E-state index in [1.54, 1.807) is 0 Å². The molecule has 0 spiro atoms. The summed E-state index contributed by atoms with van der Waals surface area (Å²) >= 11 is 0. The predicted molar refractivity (Wildman–Crippen MR) is 135 cm³/mol. The van der Waals surface area contributed by atoms with Crippen LogP contribution in [0.4, 0.5) is 0 Å². The maximum atomic E-state index is 12.7. The highest BCUT2D eigenvalue weighted by molar-refractivity contribution is 5.99. The number of ether oxygens (including phenoxy) is 2. The van der Waals surface area contributed by atoms with Gasteiger partial charge in [0.05, 0.1) is 13.2 Å². The van der Waals surface area contributed by atoms with Gasteiger partial charge in [-0.05, 0) is 25.7 Å². The van der Waals surface area contributed by atoms with Gasteiger partial charge < -0.3 is 9.47 Å². The molecule has 0 aliphatic rings. The molecular weight excluding hydrogens is 400 g/mol. The second kappa shape index (κ2) is 21.8. The van der Waals surface area contributed by atoms with Gasteiger partial charge in [0.25, 0.3) is 0 Å². The van der Waals surface area contributed by atoms with Crippen LogP contribution >= 0.6 is 0 Å². The molecule has 0 amide bonds. The number of hydrogen-bond acceptors (Lipinski definition) is 4. The Morgan fingerprint density at radius 2 is 0.750 bits per heavy atom. The predicted octanol–water partition coefficient (Wildman–Crippen LogP) is 8.55. The van der Waals surface area contributed by atoms with Crippen LogP contribution in [-0.2, 0) is 19.1 Å². The van der Waals surface area contributed by atoms with Gasteiger partial charge in [-0.15, -0.1) is 0 Å². The average molecular weight is 455 g/mol. The molecular formula is C28H54O4. The Kier molecular flexibility index (Phi) is 21.0. The summed E-state index contributed by atoms with van der Waals surface area (Å²) in [5, 5.41) is 0. The normalized spacial score (nSPS) is 11.5. The molecule has 0 rings (SSSR count). The van der Waals surface area contributed by atoms with Gasteiger partial charge in [0, 0.05) is 0 Å². The summed E-state index contributed by atoms with van der Waals surface area (Å²) in [6, 6.07) is 0. The molecule has 0 radical (unpaired) electrons. The highest BCUT2D eigenvalue weighted by atomic mass is 16.6. The molecule has 0 aromatic rings. The first-order valence-electron chi connectivity index (χ1n) is 13.9. The number of rotatable bonds is 23. The molecule has 0 saturated carbocycles. The van der Waals surface area contributed by atoms with E-state index < -0.39 is 17.4 Å². The van der Waals surface area contributed by atoms with E-state index in [1.807, 2.05) is 13.8 Å². The lowest BCUT2D eigenvalue weighted by Gasteiger charge is -2.27. The lowest BCUT2D eigenvalue weighted by atomic mass is 9.82. The summed E-state index contributed by atoms with van der Waals surface area (Å²) in [5.74, 6) is -0.811. The molecule has 32 heavy (non-hydrogen) atoms. The SMILES string of the molecule is CCCCCCCCCCCCCCCOC(=O)C(CC)(CC)C(=O)OCCCCCC. The summed E-state index contributed by atoms with van der Waals surface area (Å²) in [6.45, 7) is 8.96. The molecule has 0 aromatic heterocycles. The largest absolute Gasteiger partial charge is 0.465 e. The molecule has 0 aromatic carbocycles. The van der Waals surface area contributed by atoms with Crippen molar-refractivity contribution in [2.24, 2.45) is 5.41 Å². The molecule has 0 saturated heterocycles. The van der Waals surface area contributed by atoms with Gasteiger partial charge in [0.2, 0.25) is 0 Å². The monoisotopic (exact) mass is 454 g/mol. The van der Waals surface area contributed by atoms with Crippen LogP contribution in [-0.4, -0.2) is 25.2 Å². The molecule has 0 aliphatic carbocycles. The Morgan fingerprint density at radius 3 is 1.06 bits per heavy atom. The van der Waals surface area contributed by atoms with Crippen LogP contribution in [0.25, 0.3) is 0 Å². The third kappa shape index (κ3) is 14.2. The molecule has 0 atom stereocenters. The van der Waals surface area contributed by atoms with Gasteiger partial charge in [0.1, 0.15) is 0 Å². The van der Waals surface area contributed by atoms with E-state index in [0.717, 1.165) is 38.5 Å². The zero-order valence-corrected chi connectivity index (χ0v) is 22.0. The third-order valence-electron chi connectivity index (χ3n) is 6.70. The second-order valence-corrected chi connectivity index (χ2v) is 9.36. The Labute approximate surface area is 199 Å². The maximum absolute atomic E-state index is 12.7. The zero-order chi connectivity index (χ0) is 23.9. The van der Waals surface area contributed by atoms with Gasteiger partial charge in [0.15, 0.2) is 5.41 Å². The molecule has 0 unspecified atom stereocenters. The van der Waals surface area contributed by atoms with Crippen molar-refractivity contribution < 1.29 is 19.1 Å². The first-order valence-corrected chi connectivity index (χ1v) is 13.9. The summed E-state index contributed by atoms with van der Waals surface area (Å²) in [6.07, 6.45) is 21.8. The van der Waals surface area contributed by atoms with Gasteiger partial charge in [-0.2, -0.15) is 0 Å². The number of carbonyl (C=O) groups excluding carboxylic acids is 2. The van der Waals surface area contributed by atoms with Crippen LogP contribution in [0.15, 0.2) is 0 Å².